The Kier molecular flexibility index (Phi) is 3.44. The number of hydrogen-bond donors (Lipinski definition) is 1. The fraction of sp³-hybridized carbons (Fsp3) is 0.333. The van der Waals surface area contributed by atoms with E-state index in [0.717, 1.165) is 29.1 Å². The molecule has 4 nitrogen and oxygen atoms in total. The number of hydrogen-bond acceptors (Lipinski definition) is 5. The molecule has 0 spiro atoms. The number of esters is 1. The molecule has 2 aromatic rings. The minimum absolute atomic E-state index is 0.271. The molecule has 0 aliphatic heterocycles. The van der Waals surface area contributed by atoms with Crippen molar-refractivity contribution in [1.29, 1.82) is 0 Å². The molecule has 1 aliphatic rings. The molecular formula is C15H16N2O2S. The van der Waals surface area contributed by atoms with Crippen molar-refractivity contribution < 1.29 is 9.53 Å². The van der Waals surface area contributed by atoms with Gasteiger partial charge in [-0.25, -0.2) is 9.78 Å². The van der Waals surface area contributed by atoms with Gasteiger partial charge in [0.05, 0.1) is 12.3 Å². The summed E-state index contributed by atoms with van der Waals surface area (Å²) < 4.78 is 5.13. The molecular weight excluding hydrogens is 272 g/mol. The van der Waals surface area contributed by atoms with Gasteiger partial charge in [-0.1, -0.05) is 12.1 Å². The van der Waals surface area contributed by atoms with Crippen molar-refractivity contribution in [3.05, 3.63) is 34.8 Å². The Bertz CT molecular complexity index is 647. The van der Waals surface area contributed by atoms with E-state index in [1.807, 2.05) is 31.2 Å². The van der Waals surface area contributed by atoms with Gasteiger partial charge in [-0.3, -0.25) is 0 Å². The summed E-state index contributed by atoms with van der Waals surface area (Å²) >= 11 is 1.38. The summed E-state index contributed by atoms with van der Waals surface area (Å²) in [5.74, 6) is 0.136. The van der Waals surface area contributed by atoms with Crippen LogP contribution in [0.15, 0.2) is 24.3 Å². The zero-order chi connectivity index (χ0) is 14.1. The van der Waals surface area contributed by atoms with Gasteiger partial charge >= 0.3 is 5.97 Å². The molecule has 0 atom stereocenters. The predicted octanol–water partition coefficient (Wildman–Crippen LogP) is 3.45. The first-order valence-corrected chi connectivity index (χ1v) is 7.55. The van der Waals surface area contributed by atoms with Gasteiger partial charge in [0.15, 0.2) is 0 Å². The Morgan fingerprint density at radius 2 is 2.20 bits per heavy atom. The third-order valence-electron chi connectivity index (χ3n) is 3.27. The fourth-order valence-corrected chi connectivity index (χ4v) is 3.21. The zero-order valence-corrected chi connectivity index (χ0v) is 12.1. The molecule has 5 heteroatoms. The van der Waals surface area contributed by atoms with E-state index in [9.17, 15) is 4.79 Å². The summed E-state index contributed by atoms with van der Waals surface area (Å²) in [5, 5.41) is 0.799. The van der Waals surface area contributed by atoms with Gasteiger partial charge in [0.25, 0.3) is 0 Å². The predicted molar refractivity (Wildman–Crippen MR) is 79.9 cm³/mol. The molecule has 104 valence electrons. The molecule has 0 radical (unpaired) electrons. The van der Waals surface area contributed by atoms with E-state index in [1.54, 1.807) is 0 Å². The van der Waals surface area contributed by atoms with E-state index in [-0.39, 0.29) is 5.97 Å². The molecule has 3 rings (SSSR count). The molecule has 20 heavy (non-hydrogen) atoms. The van der Waals surface area contributed by atoms with Crippen LogP contribution in [0, 0.1) is 0 Å². The molecule has 1 aliphatic carbocycles. The first kappa shape index (κ1) is 13.1. The lowest BCUT2D eigenvalue weighted by atomic mass is 10.2. The molecule has 1 fully saturated rings. The van der Waals surface area contributed by atoms with Gasteiger partial charge in [-0.05, 0) is 31.9 Å². The summed E-state index contributed by atoms with van der Waals surface area (Å²) in [5.41, 5.74) is 8.43. The lowest BCUT2D eigenvalue weighted by Crippen LogP contribution is -2.05. The number of aromatic nitrogens is 1. The largest absolute Gasteiger partial charge is 0.462 e. The molecule has 1 saturated carbocycles. The normalized spacial score (nSPS) is 14.2. The van der Waals surface area contributed by atoms with E-state index in [0.29, 0.717) is 23.1 Å². The summed E-state index contributed by atoms with van der Waals surface area (Å²) in [4.78, 5) is 17.3. The van der Waals surface area contributed by atoms with Crippen LogP contribution in [-0.2, 0) is 4.74 Å². The molecule has 0 amide bonds. The maximum Gasteiger partial charge on any atom is 0.350 e. The molecule has 0 unspecified atom stereocenters. The molecule has 2 N–H and O–H groups in total. The van der Waals surface area contributed by atoms with Crippen LogP contribution >= 0.6 is 11.3 Å². The topological polar surface area (TPSA) is 65.2 Å². The number of nitrogen functional groups attached to an aromatic ring is 1. The summed E-state index contributed by atoms with van der Waals surface area (Å²) in [6.45, 7) is 2.19. The smallest absolute Gasteiger partial charge is 0.350 e. The maximum absolute atomic E-state index is 12.0. The van der Waals surface area contributed by atoms with Crippen molar-refractivity contribution in [2.75, 3.05) is 12.3 Å². The van der Waals surface area contributed by atoms with Crippen molar-refractivity contribution in [1.82, 2.24) is 4.98 Å². The van der Waals surface area contributed by atoms with Gasteiger partial charge in [-0.15, -0.1) is 11.3 Å². The Hall–Kier alpha value is -1.88. The number of benzene rings is 1. The zero-order valence-electron chi connectivity index (χ0n) is 11.3. The number of ether oxygens (including phenoxy) is 1. The van der Waals surface area contributed by atoms with Gasteiger partial charge in [0, 0.05) is 17.2 Å². The number of anilines is 1. The summed E-state index contributed by atoms with van der Waals surface area (Å²) in [7, 11) is 0. The first-order chi connectivity index (χ1) is 9.70. The number of nitrogens with two attached hydrogens (primary N) is 1. The van der Waals surface area contributed by atoms with Crippen LogP contribution in [0.5, 0.6) is 0 Å². The number of rotatable bonds is 4. The van der Waals surface area contributed by atoms with E-state index in [1.165, 1.54) is 11.3 Å². The van der Waals surface area contributed by atoms with Crippen molar-refractivity contribution in [3.8, 4) is 10.6 Å². The Labute approximate surface area is 121 Å². The molecule has 1 aromatic carbocycles. The molecule has 1 aromatic heterocycles. The highest BCUT2D eigenvalue weighted by Crippen LogP contribution is 2.44. The second-order valence-electron chi connectivity index (χ2n) is 4.82. The Morgan fingerprint density at radius 1 is 1.45 bits per heavy atom. The van der Waals surface area contributed by atoms with Gasteiger partial charge < -0.3 is 10.5 Å². The standard InChI is InChI=1S/C15H16N2O2S/c1-2-19-15(18)13-12(9-7-8-9)17-14(20-13)10-5-3-4-6-11(10)16/h3-6,9H,2,7-8,16H2,1H3. The third kappa shape index (κ3) is 2.41. The third-order valence-corrected chi connectivity index (χ3v) is 4.35. The number of carbonyl (C=O) groups is 1. The lowest BCUT2D eigenvalue weighted by Gasteiger charge is -2.00. The number of thiazole rings is 1. The highest BCUT2D eigenvalue weighted by Gasteiger charge is 2.33. The van der Waals surface area contributed by atoms with Gasteiger partial charge in [0.2, 0.25) is 0 Å². The van der Waals surface area contributed by atoms with E-state index in [4.69, 9.17) is 10.5 Å². The lowest BCUT2D eigenvalue weighted by molar-refractivity contribution is 0.0530. The van der Waals surface area contributed by atoms with E-state index < -0.39 is 0 Å². The Balaban J connectivity index is 2.03. The van der Waals surface area contributed by atoms with Crippen molar-refractivity contribution in [2.45, 2.75) is 25.7 Å². The van der Waals surface area contributed by atoms with Gasteiger partial charge in [0.1, 0.15) is 9.88 Å². The SMILES string of the molecule is CCOC(=O)c1sc(-c2ccccc2N)nc1C1CC1. The molecule has 1 heterocycles. The van der Waals surface area contributed by atoms with E-state index >= 15 is 0 Å². The Morgan fingerprint density at radius 3 is 2.85 bits per heavy atom. The van der Waals surface area contributed by atoms with Crippen LogP contribution in [0.4, 0.5) is 5.69 Å². The maximum atomic E-state index is 12.0. The fourth-order valence-electron chi connectivity index (χ4n) is 2.12. The first-order valence-electron chi connectivity index (χ1n) is 6.73. The average Bonchev–Trinajstić information content (AvgIpc) is 3.19. The van der Waals surface area contributed by atoms with Crippen LogP contribution in [0.3, 0.4) is 0 Å². The summed E-state index contributed by atoms with van der Waals surface area (Å²) in [6.07, 6.45) is 2.19. The minimum atomic E-state index is -0.271. The van der Waals surface area contributed by atoms with E-state index in [2.05, 4.69) is 4.98 Å². The second-order valence-corrected chi connectivity index (χ2v) is 5.81. The van der Waals surface area contributed by atoms with Crippen molar-refractivity contribution >= 4 is 23.0 Å². The van der Waals surface area contributed by atoms with Crippen LogP contribution < -0.4 is 5.73 Å². The van der Waals surface area contributed by atoms with Crippen molar-refractivity contribution in [2.24, 2.45) is 0 Å². The van der Waals surface area contributed by atoms with Crippen LogP contribution in [0.25, 0.3) is 10.6 Å². The van der Waals surface area contributed by atoms with Gasteiger partial charge in [-0.2, -0.15) is 0 Å². The highest BCUT2D eigenvalue weighted by atomic mass is 32.1. The minimum Gasteiger partial charge on any atom is -0.462 e. The average molecular weight is 288 g/mol. The number of nitrogens with zero attached hydrogens (tertiary/aromatic N) is 1. The number of carbonyl (C=O) groups excluding carboxylic acids is 1. The molecule has 0 bridgehead atoms. The van der Waals surface area contributed by atoms with Crippen LogP contribution in [0.1, 0.15) is 41.0 Å². The highest BCUT2D eigenvalue weighted by molar-refractivity contribution is 7.17. The monoisotopic (exact) mass is 288 g/mol. The number of para-hydroxylation sites is 1. The van der Waals surface area contributed by atoms with Crippen LogP contribution in [0.2, 0.25) is 0 Å². The molecule has 0 saturated heterocycles. The quantitative estimate of drug-likeness (QED) is 0.691. The summed E-state index contributed by atoms with van der Waals surface area (Å²) in [6, 6.07) is 7.59. The second kappa shape index (κ2) is 5.25. The van der Waals surface area contributed by atoms with Crippen LogP contribution in [-0.4, -0.2) is 17.6 Å². The van der Waals surface area contributed by atoms with Crippen molar-refractivity contribution in [3.63, 3.8) is 0 Å².